The van der Waals surface area contributed by atoms with Gasteiger partial charge in [-0.25, -0.2) is 0 Å². The SMILES string of the molecule is CCCc1cccc(C(=O)C(C)(CC)OC)c1. The van der Waals surface area contributed by atoms with E-state index in [1.807, 2.05) is 32.0 Å². The zero-order valence-corrected chi connectivity index (χ0v) is 11.2. The summed E-state index contributed by atoms with van der Waals surface area (Å²) in [4.78, 5) is 12.4. The maximum atomic E-state index is 12.4. The predicted octanol–water partition coefficient (Wildman–Crippen LogP) is 3.64. The molecule has 1 aromatic carbocycles. The van der Waals surface area contributed by atoms with Gasteiger partial charge in [0.2, 0.25) is 0 Å². The van der Waals surface area contributed by atoms with E-state index in [2.05, 4.69) is 13.0 Å². The molecule has 0 heterocycles. The number of rotatable bonds is 6. The van der Waals surface area contributed by atoms with Gasteiger partial charge in [0.15, 0.2) is 5.78 Å². The van der Waals surface area contributed by atoms with Gasteiger partial charge in [0, 0.05) is 12.7 Å². The Morgan fingerprint density at radius 1 is 1.35 bits per heavy atom. The summed E-state index contributed by atoms with van der Waals surface area (Å²) in [5.74, 6) is 0.0699. The Morgan fingerprint density at radius 3 is 2.59 bits per heavy atom. The minimum Gasteiger partial charge on any atom is -0.370 e. The van der Waals surface area contributed by atoms with Crippen molar-refractivity contribution in [1.29, 1.82) is 0 Å². The van der Waals surface area contributed by atoms with Crippen molar-refractivity contribution >= 4 is 5.78 Å². The number of aryl methyl sites for hydroxylation is 1. The van der Waals surface area contributed by atoms with E-state index in [-0.39, 0.29) is 5.78 Å². The minimum atomic E-state index is -0.704. The fraction of sp³-hybridized carbons (Fsp3) is 0.533. The Balaban J connectivity index is 2.99. The lowest BCUT2D eigenvalue weighted by Crippen LogP contribution is -2.36. The number of hydrogen-bond donors (Lipinski definition) is 0. The molecule has 2 nitrogen and oxygen atoms in total. The van der Waals surface area contributed by atoms with E-state index in [1.165, 1.54) is 5.56 Å². The van der Waals surface area contributed by atoms with Gasteiger partial charge in [0.05, 0.1) is 0 Å². The highest BCUT2D eigenvalue weighted by Gasteiger charge is 2.31. The first-order chi connectivity index (χ1) is 8.07. The van der Waals surface area contributed by atoms with Crippen LogP contribution >= 0.6 is 0 Å². The first kappa shape index (κ1) is 13.9. The van der Waals surface area contributed by atoms with Crippen LogP contribution in [0.3, 0.4) is 0 Å². The average molecular weight is 234 g/mol. The van der Waals surface area contributed by atoms with E-state index < -0.39 is 5.60 Å². The van der Waals surface area contributed by atoms with Crippen LogP contribution in [0.4, 0.5) is 0 Å². The fourth-order valence-corrected chi connectivity index (χ4v) is 1.86. The lowest BCUT2D eigenvalue weighted by atomic mass is 9.91. The summed E-state index contributed by atoms with van der Waals surface area (Å²) in [5, 5.41) is 0. The van der Waals surface area contributed by atoms with Gasteiger partial charge in [0.1, 0.15) is 5.60 Å². The molecule has 0 saturated carbocycles. The molecule has 0 aromatic heterocycles. The number of methoxy groups -OCH3 is 1. The van der Waals surface area contributed by atoms with Crippen LogP contribution in [-0.2, 0) is 11.2 Å². The van der Waals surface area contributed by atoms with Crippen LogP contribution in [0.5, 0.6) is 0 Å². The van der Waals surface area contributed by atoms with Gasteiger partial charge in [-0.15, -0.1) is 0 Å². The Hall–Kier alpha value is -1.15. The summed E-state index contributed by atoms with van der Waals surface area (Å²) in [6.07, 6.45) is 2.78. The van der Waals surface area contributed by atoms with Crippen molar-refractivity contribution in [2.75, 3.05) is 7.11 Å². The van der Waals surface area contributed by atoms with Crippen LogP contribution in [0.15, 0.2) is 24.3 Å². The molecule has 0 spiro atoms. The second-order valence-electron chi connectivity index (χ2n) is 4.57. The molecule has 0 amide bonds. The van der Waals surface area contributed by atoms with Crippen molar-refractivity contribution in [2.45, 2.75) is 45.6 Å². The normalized spacial score (nSPS) is 14.4. The molecule has 17 heavy (non-hydrogen) atoms. The van der Waals surface area contributed by atoms with Crippen molar-refractivity contribution in [2.24, 2.45) is 0 Å². The van der Waals surface area contributed by atoms with Gasteiger partial charge in [-0.2, -0.15) is 0 Å². The lowest BCUT2D eigenvalue weighted by molar-refractivity contribution is 0.0106. The molecule has 0 fully saturated rings. The number of Topliss-reactive ketones (excluding diaryl/α,β-unsaturated/α-hetero) is 1. The van der Waals surface area contributed by atoms with E-state index in [0.29, 0.717) is 6.42 Å². The van der Waals surface area contributed by atoms with Crippen molar-refractivity contribution in [3.05, 3.63) is 35.4 Å². The Labute approximate surface area is 104 Å². The first-order valence-electron chi connectivity index (χ1n) is 6.26. The summed E-state index contributed by atoms with van der Waals surface area (Å²) in [6.45, 7) is 5.96. The van der Waals surface area contributed by atoms with Gasteiger partial charge in [-0.1, -0.05) is 38.5 Å². The molecule has 0 radical (unpaired) electrons. The van der Waals surface area contributed by atoms with E-state index in [4.69, 9.17) is 4.74 Å². The Bertz CT molecular complexity index is 378. The second kappa shape index (κ2) is 5.97. The standard InChI is InChI=1S/C15H22O2/c1-5-8-12-9-7-10-13(11-12)14(16)15(3,6-2)17-4/h7,9-11H,5-6,8H2,1-4H3. The monoisotopic (exact) mass is 234 g/mol. The maximum absolute atomic E-state index is 12.4. The van der Waals surface area contributed by atoms with Crippen molar-refractivity contribution < 1.29 is 9.53 Å². The fourth-order valence-electron chi connectivity index (χ4n) is 1.86. The molecular weight excluding hydrogens is 212 g/mol. The molecule has 0 saturated heterocycles. The van der Waals surface area contributed by atoms with E-state index in [0.717, 1.165) is 18.4 Å². The maximum Gasteiger partial charge on any atom is 0.194 e. The molecule has 0 aliphatic carbocycles. The molecule has 1 atom stereocenters. The first-order valence-corrected chi connectivity index (χ1v) is 6.26. The smallest absolute Gasteiger partial charge is 0.194 e. The highest BCUT2D eigenvalue weighted by molar-refractivity contribution is 6.02. The average Bonchev–Trinajstić information content (AvgIpc) is 2.37. The Morgan fingerprint density at radius 2 is 2.06 bits per heavy atom. The zero-order valence-electron chi connectivity index (χ0n) is 11.2. The molecule has 0 aliphatic rings. The van der Waals surface area contributed by atoms with E-state index >= 15 is 0 Å². The topological polar surface area (TPSA) is 26.3 Å². The molecule has 0 N–H and O–H groups in total. The van der Waals surface area contributed by atoms with Crippen LogP contribution < -0.4 is 0 Å². The van der Waals surface area contributed by atoms with Crippen molar-refractivity contribution in [3.8, 4) is 0 Å². The van der Waals surface area contributed by atoms with Crippen molar-refractivity contribution in [1.82, 2.24) is 0 Å². The third-order valence-corrected chi connectivity index (χ3v) is 3.33. The summed E-state index contributed by atoms with van der Waals surface area (Å²) < 4.78 is 5.35. The number of carbonyl (C=O) groups excluding carboxylic acids is 1. The van der Waals surface area contributed by atoms with Crippen molar-refractivity contribution in [3.63, 3.8) is 0 Å². The molecule has 0 bridgehead atoms. The third-order valence-electron chi connectivity index (χ3n) is 3.33. The molecule has 1 unspecified atom stereocenters. The number of ketones is 1. The van der Waals surface area contributed by atoms with Crippen LogP contribution in [0.2, 0.25) is 0 Å². The van der Waals surface area contributed by atoms with Crippen LogP contribution in [0.1, 0.15) is 49.5 Å². The quantitative estimate of drug-likeness (QED) is 0.702. The Kier molecular flexibility index (Phi) is 4.88. The third kappa shape index (κ3) is 3.16. The predicted molar refractivity (Wildman–Crippen MR) is 70.5 cm³/mol. The number of hydrogen-bond acceptors (Lipinski definition) is 2. The van der Waals surface area contributed by atoms with Crippen LogP contribution in [-0.4, -0.2) is 18.5 Å². The van der Waals surface area contributed by atoms with Crippen LogP contribution in [0.25, 0.3) is 0 Å². The summed E-state index contributed by atoms with van der Waals surface area (Å²) in [7, 11) is 1.59. The van der Waals surface area contributed by atoms with Gasteiger partial charge in [-0.05, 0) is 31.4 Å². The summed E-state index contributed by atoms with van der Waals surface area (Å²) >= 11 is 0. The largest absolute Gasteiger partial charge is 0.370 e. The lowest BCUT2D eigenvalue weighted by Gasteiger charge is -2.25. The zero-order chi connectivity index (χ0) is 12.9. The highest BCUT2D eigenvalue weighted by Crippen LogP contribution is 2.21. The van der Waals surface area contributed by atoms with Gasteiger partial charge in [0.25, 0.3) is 0 Å². The van der Waals surface area contributed by atoms with E-state index in [1.54, 1.807) is 7.11 Å². The molecule has 2 heteroatoms. The molecule has 1 aromatic rings. The number of ether oxygens (including phenoxy) is 1. The van der Waals surface area contributed by atoms with E-state index in [9.17, 15) is 4.79 Å². The second-order valence-corrected chi connectivity index (χ2v) is 4.57. The summed E-state index contributed by atoms with van der Waals surface area (Å²) in [6, 6.07) is 7.87. The molecule has 1 rings (SSSR count). The molecular formula is C15H22O2. The highest BCUT2D eigenvalue weighted by atomic mass is 16.5. The van der Waals surface area contributed by atoms with Gasteiger partial charge in [-0.3, -0.25) is 4.79 Å². The molecule has 0 aliphatic heterocycles. The number of benzene rings is 1. The van der Waals surface area contributed by atoms with Crippen LogP contribution in [0, 0.1) is 0 Å². The molecule has 94 valence electrons. The minimum absolute atomic E-state index is 0.0699. The number of carbonyl (C=O) groups is 1. The van der Waals surface area contributed by atoms with Gasteiger partial charge < -0.3 is 4.74 Å². The summed E-state index contributed by atoms with van der Waals surface area (Å²) in [5.41, 5.74) is 1.26. The van der Waals surface area contributed by atoms with Gasteiger partial charge >= 0.3 is 0 Å².